The maximum atomic E-state index is 13.0. The molecule has 1 aliphatic rings. The van der Waals surface area contributed by atoms with E-state index in [9.17, 15) is 13.2 Å². The average molecular weight is 471 g/mol. The summed E-state index contributed by atoms with van der Waals surface area (Å²) < 4.78 is 38.0. The Morgan fingerprint density at radius 2 is 1.82 bits per heavy atom. The van der Waals surface area contributed by atoms with Crippen LogP contribution in [0.1, 0.15) is 30.7 Å². The van der Waals surface area contributed by atoms with E-state index >= 15 is 0 Å². The summed E-state index contributed by atoms with van der Waals surface area (Å²) >= 11 is 0. The van der Waals surface area contributed by atoms with Crippen LogP contribution in [-0.2, 0) is 14.8 Å². The van der Waals surface area contributed by atoms with Gasteiger partial charge < -0.3 is 14.6 Å². The third-order valence-electron chi connectivity index (χ3n) is 5.45. The van der Waals surface area contributed by atoms with Crippen molar-refractivity contribution in [3.8, 4) is 17.1 Å². The van der Waals surface area contributed by atoms with Crippen molar-refractivity contribution in [1.29, 1.82) is 0 Å². The Hall–Kier alpha value is -3.24. The van der Waals surface area contributed by atoms with Crippen molar-refractivity contribution < 1.29 is 22.5 Å². The molecule has 0 unspecified atom stereocenters. The van der Waals surface area contributed by atoms with Crippen LogP contribution in [0.5, 0.6) is 5.75 Å². The Morgan fingerprint density at radius 1 is 1.09 bits per heavy atom. The van der Waals surface area contributed by atoms with E-state index in [1.54, 1.807) is 43.3 Å². The summed E-state index contributed by atoms with van der Waals surface area (Å²) in [5.41, 5.74) is 1.98. The molecule has 1 fully saturated rings. The van der Waals surface area contributed by atoms with Gasteiger partial charge in [-0.1, -0.05) is 17.6 Å². The second-order valence-electron chi connectivity index (χ2n) is 7.94. The second-order valence-corrected chi connectivity index (χ2v) is 9.88. The van der Waals surface area contributed by atoms with Crippen LogP contribution in [0.3, 0.4) is 0 Å². The van der Waals surface area contributed by atoms with Crippen LogP contribution in [0.25, 0.3) is 11.4 Å². The Kier molecular flexibility index (Phi) is 6.75. The van der Waals surface area contributed by atoms with Gasteiger partial charge in [-0.25, -0.2) is 8.42 Å². The minimum absolute atomic E-state index is 0.179. The Balaban J connectivity index is 1.38. The van der Waals surface area contributed by atoms with Gasteiger partial charge in [0.15, 0.2) is 6.61 Å². The molecule has 1 aromatic heterocycles. The van der Waals surface area contributed by atoms with Crippen molar-refractivity contribution in [2.75, 3.05) is 25.0 Å². The molecule has 2 heterocycles. The van der Waals surface area contributed by atoms with Gasteiger partial charge in [0.05, 0.1) is 4.90 Å². The minimum atomic E-state index is -3.58. The lowest BCUT2D eigenvalue weighted by Gasteiger charge is -2.26. The predicted octanol–water partition coefficient (Wildman–Crippen LogP) is 3.55. The first-order chi connectivity index (χ1) is 15.8. The zero-order valence-corrected chi connectivity index (χ0v) is 19.4. The molecule has 0 atom stereocenters. The summed E-state index contributed by atoms with van der Waals surface area (Å²) in [6, 6.07) is 11.8. The molecule has 4 rings (SSSR count). The van der Waals surface area contributed by atoms with Crippen LogP contribution < -0.4 is 10.1 Å². The number of anilines is 1. The highest BCUT2D eigenvalue weighted by atomic mass is 32.2. The molecule has 0 bridgehead atoms. The molecule has 1 amide bonds. The molecule has 0 saturated carbocycles. The van der Waals surface area contributed by atoms with Gasteiger partial charge in [0.25, 0.3) is 5.91 Å². The van der Waals surface area contributed by atoms with Gasteiger partial charge in [-0.3, -0.25) is 4.79 Å². The molecule has 1 aliphatic heterocycles. The van der Waals surface area contributed by atoms with Gasteiger partial charge in [0.2, 0.25) is 21.7 Å². The highest BCUT2D eigenvalue weighted by molar-refractivity contribution is 7.89. The molecule has 3 aromatic rings. The number of ether oxygens (including phenoxy) is 1. The number of aromatic nitrogens is 2. The quantitative estimate of drug-likeness (QED) is 0.562. The smallest absolute Gasteiger partial charge is 0.262 e. The molecular formula is C23H26N4O5S. The largest absolute Gasteiger partial charge is 0.484 e. The number of hydrogen-bond acceptors (Lipinski definition) is 7. The first-order valence-corrected chi connectivity index (χ1v) is 12.2. The highest BCUT2D eigenvalue weighted by Crippen LogP contribution is 2.25. The van der Waals surface area contributed by atoms with Crippen LogP contribution >= 0.6 is 0 Å². The number of sulfonamides is 1. The lowest BCUT2D eigenvalue weighted by atomic mass is 10.2. The fourth-order valence-corrected chi connectivity index (χ4v) is 5.15. The molecule has 2 aromatic carbocycles. The second kappa shape index (κ2) is 9.72. The number of piperidine rings is 1. The molecule has 33 heavy (non-hydrogen) atoms. The van der Waals surface area contributed by atoms with E-state index in [-0.39, 0.29) is 17.4 Å². The molecule has 174 valence electrons. The standard InChI is InChI=1S/C23H26N4O5S/c1-16-6-11-20(33(29,30)27-12-4-3-5-13-27)14-21(16)25-22(28)15-31-19-9-7-18(8-10-19)23-24-17(2)32-26-23/h6-11,14H,3-5,12-13,15H2,1-2H3,(H,25,28). The lowest BCUT2D eigenvalue weighted by molar-refractivity contribution is -0.118. The lowest BCUT2D eigenvalue weighted by Crippen LogP contribution is -2.35. The summed E-state index contributed by atoms with van der Waals surface area (Å²) in [6.07, 6.45) is 2.77. The molecule has 0 radical (unpaired) electrons. The summed E-state index contributed by atoms with van der Waals surface area (Å²) in [6.45, 7) is 4.36. The number of amides is 1. The third kappa shape index (κ3) is 5.40. The summed E-state index contributed by atoms with van der Waals surface area (Å²) in [5.74, 6) is 1.08. The number of rotatable bonds is 7. The number of nitrogens with zero attached hydrogens (tertiary/aromatic N) is 3. The van der Waals surface area contributed by atoms with E-state index in [1.807, 2.05) is 6.92 Å². The van der Waals surface area contributed by atoms with E-state index in [1.165, 1.54) is 10.4 Å². The van der Waals surface area contributed by atoms with E-state index < -0.39 is 10.0 Å². The number of benzene rings is 2. The van der Waals surface area contributed by atoms with Crippen LogP contribution in [-0.4, -0.2) is 48.5 Å². The van der Waals surface area contributed by atoms with Crippen LogP contribution in [0, 0.1) is 13.8 Å². The average Bonchev–Trinajstić information content (AvgIpc) is 3.26. The van der Waals surface area contributed by atoms with Gasteiger partial charge in [-0.15, -0.1) is 0 Å². The van der Waals surface area contributed by atoms with Crippen LogP contribution in [0.15, 0.2) is 51.9 Å². The van der Waals surface area contributed by atoms with Crippen LogP contribution in [0.4, 0.5) is 5.69 Å². The molecule has 1 saturated heterocycles. The Labute approximate surface area is 192 Å². The van der Waals surface area contributed by atoms with Crippen molar-refractivity contribution in [2.45, 2.75) is 38.0 Å². The Bertz CT molecular complexity index is 1230. The highest BCUT2D eigenvalue weighted by Gasteiger charge is 2.26. The monoisotopic (exact) mass is 470 g/mol. The predicted molar refractivity (Wildman–Crippen MR) is 122 cm³/mol. The number of hydrogen-bond donors (Lipinski definition) is 1. The van der Waals surface area contributed by atoms with E-state index in [0.717, 1.165) is 30.4 Å². The van der Waals surface area contributed by atoms with E-state index in [4.69, 9.17) is 9.26 Å². The van der Waals surface area contributed by atoms with Crippen molar-refractivity contribution in [2.24, 2.45) is 0 Å². The third-order valence-corrected chi connectivity index (χ3v) is 7.34. The number of carbonyl (C=O) groups excluding carboxylic acids is 1. The van der Waals surface area contributed by atoms with Crippen molar-refractivity contribution in [3.63, 3.8) is 0 Å². The topological polar surface area (TPSA) is 115 Å². The van der Waals surface area contributed by atoms with E-state index in [0.29, 0.717) is 36.2 Å². The van der Waals surface area contributed by atoms with Gasteiger partial charge in [0, 0.05) is 31.3 Å². The minimum Gasteiger partial charge on any atom is -0.484 e. The molecule has 1 N–H and O–H groups in total. The normalized spacial score (nSPS) is 14.7. The number of carbonyl (C=O) groups is 1. The first kappa shape index (κ1) is 22.9. The first-order valence-electron chi connectivity index (χ1n) is 10.8. The summed E-state index contributed by atoms with van der Waals surface area (Å²) in [5, 5.41) is 6.62. The molecule has 0 spiro atoms. The van der Waals surface area contributed by atoms with Crippen molar-refractivity contribution in [1.82, 2.24) is 14.4 Å². The SMILES string of the molecule is Cc1nc(-c2ccc(OCC(=O)Nc3cc(S(=O)(=O)N4CCCCC4)ccc3C)cc2)no1. The van der Waals surface area contributed by atoms with Crippen molar-refractivity contribution in [3.05, 3.63) is 53.9 Å². The fourth-order valence-electron chi connectivity index (χ4n) is 3.60. The summed E-state index contributed by atoms with van der Waals surface area (Å²) in [7, 11) is -3.58. The van der Waals surface area contributed by atoms with Gasteiger partial charge in [-0.05, 0) is 61.7 Å². The fraction of sp³-hybridized carbons (Fsp3) is 0.348. The van der Waals surface area contributed by atoms with E-state index in [2.05, 4.69) is 15.5 Å². The van der Waals surface area contributed by atoms with Gasteiger partial charge in [0.1, 0.15) is 5.75 Å². The zero-order chi connectivity index (χ0) is 23.4. The molecule has 9 nitrogen and oxygen atoms in total. The molecular weight excluding hydrogens is 444 g/mol. The zero-order valence-electron chi connectivity index (χ0n) is 18.6. The number of nitrogens with one attached hydrogen (secondary N) is 1. The Morgan fingerprint density at radius 3 is 2.48 bits per heavy atom. The molecule has 0 aliphatic carbocycles. The van der Waals surface area contributed by atoms with Crippen LogP contribution in [0.2, 0.25) is 0 Å². The van der Waals surface area contributed by atoms with Gasteiger partial charge >= 0.3 is 0 Å². The summed E-state index contributed by atoms with van der Waals surface area (Å²) in [4.78, 5) is 16.8. The van der Waals surface area contributed by atoms with Gasteiger partial charge in [-0.2, -0.15) is 9.29 Å². The molecule has 10 heteroatoms. The number of aryl methyl sites for hydroxylation is 2. The maximum Gasteiger partial charge on any atom is 0.262 e. The van der Waals surface area contributed by atoms with Crippen molar-refractivity contribution >= 4 is 21.6 Å². The maximum absolute atomic E-state index is 13.0.